The van der Waals surface area contributed by atoms with Crippen molar-refractivity contribution < 1.29 is 14.3 Å². The number of rotatable bonds is 7. The lowest BCUT2D eigenvalue weighted by Crippen LogP contribution is -2.18. The summed E-state index contributed by atoms with van der Waals surface area (Å²) in [6, 6.07) is 7.41. The van der Waals surface area contributed by atoms with E-state index in [2.05, 4.69) is 4.57 Å². The van der Waals surface area contributed by atoms with E-state index < -0.39 is 5.91 Å². The van der Waals surface area contributed by atoms with Gasteiger partial charge >= 0.3 is 5.97 Å². The number of benzene rings is 1. The van der Waals surface area contributed by atoms with Crippen LogP contribution in [0.4, 0.5) is 0 Å². The van der Waals surface area contributed by atoms with E-state index in [1.165, 1.54) is 39.2 Å². The first-order valence-corrected chi connectivity index (χ1v) is 10.6. The molecular weight excluding hydrogens is 388 g/mol. The maximum Gasteiger partial charge on any atom is 0.305 e. The molecule has 1 aromatic carbocycles. The second kappa shape index (κ2) is 9.49. The Hall–Kier alpha value is -2.27. The van der Waals surface area contributed by atoms with Gasteiger partial charge in [-0.15, -0.1) is 0 Å². The molecule has 6 heteroatoms. The second-order valence-corrected chi connectivity index (χ2v) is 8.28. The molecule has 3 rings (SSSR count). The number of nitrogens with zero attached hydrogens (tertiary/aromatic N) is 1. The van der Waals surface area contributed by atoms with Gasteiger partial charge in [0.1, 0.15) is 0 Å². The fraction of sp³-hybridized carbons (Fsp3) is 0.478. The highest BCUT2D eigenvalue weighted by Gasteiger charge is 2.27. The molecular formula is C23H29ClN2O3. The number of aromatic nitrogens is 1. The van der Waals surface area contributed by atoms with Crippen LogP contribution in [0.25, 0.3) is 11.1 Å². The van der Waals surface area contributed by atoms with Crippen molar-refractivity contribution in [3.05, 3.63) is 46.2 Å². The van der Waals surface area contributed by atoms with Crippen molar-refractivity contribution in [2.24, 2.45) is 11.7 Å². The zero-order valence-corrected chi connectivity index (χ0v) is 17.9. The maximum absolute atomic E-state index is 12.4. The van der Waals surface area contributed by atoms with Crippen molar-refractivity contribution >= 4 is 23.5 Å². The molecule has 1 aromatic heterocycles. The molecule has 2 aromatic rings. The third-order valence-corrected chi connectivity index (χ3v) is 6.22. The van der Waals surface area contributed by atoms with Crippen molar-refractivity contribution in [1.82, 2.24) is 4.57 Å². The number of amides is 1. The monoisotopic (exact) mass is 416 g/mol. The number of carbonyl (C=O) groups excluding carboxylic acids is 2. The summed E-state index contributed by atoms with van der Waals surface area (Å²) in [6.45, 7) is 2.79. The first-order valence-electron chi connectivity index (χ1n) is 10.3. The summed E-state index contributed by atoms with van der Waals surface area (Å²) in [5, 5.41) is 0.629. The number of hydrogen-bond acceptors (Lipinski definition) is 3. The van der Waals surface area contributed by atoms with Gasteiger partial charge in [-0.25, -0.2) is 0 Å². The molecule has 5 nitrogen and oxygen atoms in total. The third kappa shape index (κ3) is 4.84. The Labute approximate surface area is 177 Å². The molecule has 0 atom stereocenters. The van der Waals surface area contributed by atoms with Gasteiger partial charge in [0.15, 0.2) is 0 Å². The molecule has 0 saturated heterocycles. The van der Waals surface area contributed by atoms with E-state index in [0.29, 0.717) is 22.9 Å². The summed E-state index contributed by atoms with van der Waals surface area (Å²) < 4.78 is 7.06. The van der Waals surface area contributed by atoms with Crippen LogP contribution in [-0.2, 0) is 22.5 Å². The molecule has 1 heterocycles. The third-order valence-electron chi connectivity index (χ3n) is 5.97. The molecule has 2 N–H and O–H groups in total. The minimum Gasteiger partial charge on any atom is -0.469 e. The summed E-state index contributed by atoms with van der Waals surface area (Å²) in [5.41, 5.74) is 9.87. The highest BCUT2D eigenvalue weighted by Crippen LogP contribution is 2.36. The van der Waals surface area contributed by atoms with Crippen LogP contribution in [0.3, 0.4) is 0 Å². The molecule has 1 aliphatic rings. The van der Waals surface area contributed by atoms with E-state index in [0.717, 1.165) is 29.1 Å². The first kappa shape index (κ1) is 21.4. The molecule has 1 amide bonds. The van der Waals surface area contributed by atoms with Crippen molar-refractivity contribution in [3.63, 3.8) is 0 Å². The Balaban J connectivity index is 2.11. The van der Waals surface area contributed by atoms with E-state index >= 15 is 0 Å². The van der Waals surface area contributed by atoms with Gasteiger partial charge in [0.05, 0.1) is 19.1 Å². The van der Waals surface area contributed by atoms with Crippen molar-refractivity contribution in [1.29, 1.82) is 0 Å². The lowest BCUT2D eigenvalue weighted by atomic mass is 9.89. The lowest BCUT2D eigenvalue weighted by molar-refractivity contribution is -0.140. The standard InChI is InChI=1S/C23H29ClN2O3/c1-15-21(23(25)28)22(17-8-10-18(24)11-9-17)19(12-13-20(27)29-2)26(15)14-16-6-4-3-5-7-16/h8-11,16H,3-7,12-14H2,1-2H3,(H2,25,28). The van der Waals surface area contributed by atoms with Crippen LogP contribution in [0.2, 0.25) is 5.02 Å². The van der Waals surface area contributed by atoms with Gasteiger partial charge in [-0.3, -0.25) is 9.59 Å². The average molecular weight is 417 g/mol. The Bertz CT molecular complexity index is 881. The summed E-state index contributed by atoms with van der Waals surface area (Å²) in [7, 11) is 1.39. The molecule has 29 heavy (non-hydrogen) atoms. The number of ether oxygens (including phenoxy) is 1. The van der Waals surface area contributed by atoms with Crippen molar-refractivity contribution in [2.45, 2.75) is 58.4 Å². The van der Waals surface area contributed by atoms with Gasteiger partial charge in [0, 0.05) is 28.5 Å². The van der Waals surface area contributed by atoms with Crippen LogP contribution in [0.15, 0.2) is 24.3 Å². The Morgan fingerprint density at radius 3 is 2.41 bits per heavy atom. The lowest BCUT2D eigenvalue weighted by Gasteiger charge is -2.24. The van der Waals surface area contributed by atoms with Gasteiger partial charge in [-0.2, -0.15) is 0 Å². The maximum atomic E-state index is 12.4. The Kier molecular flexibility index (Phi) is 7.01. The minimum atomic E-state index is -0.450. The fourth-order valence-electron chi connectivity index (χ4n) is 4.48. The van der Waals surface area contributed by atoms with Crippen LogP contribution in [-0.4, -0.2) is 23.6 Å². The minimum absolute atomic E-state index is 0.253. The predicted octanol–water partition coefficient (Wildman–Crippen LogP) is 4.90. The highest BCUT2D eigenvalue weighted by molar-refractivity contribution is 6.30. The van der Waals surface area contributed by atoms with Crippen LogP contribution in [0, 0.1) is 12.8 Å². The van der Waals surface area contributed by atoms with E-state index in [1.54, 1.807) is 12.1 Å². The molecule has 0 spiro atoms. The molecule has 0 radical (unpaired) electrons. The van der Waals surface area contributed by atoms with Gasteiger partial charge in [-0.1, -0.05) is 43.0 Å². The van der Waals surface area contributed by atoms with Crippen LogP contribution < -0.4 is 5.73 Å². The van der Waals surface area contributed by atoms with Crippen molar-refractivity contribution in [3.8, 4) is 11.1 Å². The van der Waals surface area contributed by atoms with Crippen LogP contribution in [0.1, 0.15) is 60.3 Å². The fourth-order valence-corrected chi connectivity index (χ4v) is 4.61. The number of hydrogen-bond donors (Lipinski definition) is 1. The zero-order valence-electron chi connectivity index (χ0n) is 17.2. The number of halogens is 1. The first-order chi connectivity index (χ1) is 13.9. The summed E-state index contributed by atoms with van der Waals surface area (Å²) in [5.74, 6) is -0.143. The molecule has 0 unspecified atom stereocenters. The van der Waals surface area contributed by atoms with Gasteiger partial charge < -0.3 is 15.0 Å². The Morgan fingerprint density at radius 1 is 1.17 bits per heavy atom. The topological polar surface area (TPSA) is 74.3 Å². The average Bonchev–Trinajstić information content (AvgIpc) is 2.99. The predicted molar refractivity (Wildman–Crippen MR) is 115 cm³/mol. The van der Waals surface area contributed by atoms with E-state index in [9.17, 15) is 9.59 Å². The largest absolute Gasteiger partial charge is 0.469 e. The van der Waals surface area contributed by atoms with Crippen LogP contribution >= 0.6 is 11.6 Å². The number of methoxy groups -OCH3 is 1. The normalized spacial score (nSPS) is 14.7. The van der Waals surface area contributed by atoms with Crippen molar-refractivity contribution in [2.75, 3.05) is 7.11 Å². The molecule has 1 fully saturated rings. The quantitative estimate of drug-likeness (QED) is 0.652. The second-order valence-electron chi connectivity index (χ2n) is 7.84. The number of esters is 1. The van der Waals surface area contributed by atoms with Gasteiger partial charge in [0.2, 0.25) is 0 Å². The molecule has 0 aliphatic heterocycles. The number of nitrogens with two attached hydrogens (primary N) is 1. The summed E-state index contributed by atoms with van der Waals surface area (Å²) >= 11 is 6.07. The highest BCUT2D eigenvalue weighted by atomic mass is 35.5. The smallest absolute Gasteiger partial charge is 0.305 e. The van der Waals surface area contributed by atoms with Crippen LogP contribution in [0.5, 0.6) is 0 Å². The Morgan fingerprint density at radius 2 is 1.83 bits per heavy atom. The molecule has 1 aliphatic carbocycles. The zero-order chi connectivity index (χ0) is 21.0. The number of primary amides is 1. The van der Waals surface area contributed by atoms with Gasteiger partial charge in [0.25, 0.3) is 5.91 Å². The summed E-state index contributed by atoms with van der Waals surface area (Å²) in [4.78, 5) is 24.3. The summed E-state index contributed by atoms with van der Waals surface area (Å²) in [6.07, 6.45) is 6.91. The SMILES string of the molecule is COC(=O)CCc1c(-c2ccc(Cl)cc2)c(C(N)=O)c(C)n1CC1CCCCC1. The van der Waals surface area contributed by atoms with E-state index in [4.69, 9.17) is 22.1 Å². The molecule has 156 valence electrons. The van der Waals surface area contributed by atoms with Gasteiger partial charge in [-0.05, 0) is 49.8 Å². The molecule has 0 bridgehead atoms. The molecule has 1 saturated carbocycles. The van der Waals surface area contributed by atoms with E-state index in [1.807, 2.05) is 19.1 Å². The number of carbonyl (C=O) groups is 2. The van der Waals surface area contributed by atoms with E-state index in [-0.39, 0.29) is 12.4 Å².